The Balaban J connectivity index is 2.14. The molecule has 2 fully saturated rings. The van der Waals surface area contributed by atoms with Crippen LogP contribution in [0.1, 0.15) is 53.4 Å². The van der Waals surface area contributed by atoms with E-state index in [0.717, 1.165) is 0 Å². The topological polar surface area (TPSA) is 122 Å². The summed E-state index contributed by atoms with van der Waals surface area (Å²) in [5, 5.41) is 5.49. The summed E-state index contributed by atoms with van der Waals surface area (Å²) in [5.41, 5.74) is 4.89. The second kappa shape index (κ2) is 7.63. The molecule has 2 heterocycles. The van der Waals surface area contributed by atoms with Gasteiger partial charge in [-0.2, -0.15) is 0 Å². The molecule has 3 atom stereocenters. The molecule has 0 aliphatic carbocycles. The highest BCUT2D eigenvalue weighted by molar-refractivity contribution is 5.96. The molecule has 0 spiro atoms. The minimum atomic E-state index is -0.740. The van der Waals surface area contributed by atoms with Crippen molar-refractivity contribution >= 4 is 23.6 Å². The van der Waals surface area contributed by atoms with Crippen molar-refractivity contribution in [2.24, 2.45) is 17.1 Å². The van der Waals surface area contributed by atoms with E-state index in [4.69, 9.17) is 5.73 Å². The first-order chi connectivity index (χ1) is 12.0. The average molecular weight is 366 g/mol. The zero-order valence-electron chi connectivity index (χ0n) is 16.0. The average Bonchev–Trinajstić information content (AvgIpc) is 3.09. The SMILES string of the molecule is CC(C)C[C@H](NC(=O)[C@H]1NC(=O)CC1(C)C)C(=O)N1CCC[C@H]1C(N)=O. The molecular formula is C18H30N4O4. The minimum absolute atomic E-state index is 0.171. The zero-order valence-corrected chi connectivity index (χ0v) is 16.0. The van der Waals surface area contributed by atoms with Gasteiger partial charge in [0.15, 0.2) is 0 Å². The number of amides is 4. The molecular weight excluding hydrogens is 336 g/mol. The van der Waals surface area contributed by atoms with Gasteiger partial charge in [0.1, 0.15) is 18.1 Å². The van der Waals surface area contributed by atoms with Crippen LogP contribution >= 0.6 is 0 Å². The number of hydrogen-bond acceptors (Lipinski definition) is 4. The van der Waals surface area contributed by atoms with Crippen LogP contribution in [0.5, 0.6) is 0 Å². The van der Waals surface area contributed by atoms with E-state index in [-0.39, 0.29) is 30.1 Å². The molecule has 4 amide bonds. The largest absolute Gasteiger partial charge is 0.368 e. The van der Waals surface area contributed by atoms with Crippen molar-refractivity contribution in [3.8, 4) is 0 Å². The zero-order chi connectivity index (χ0) is 19.6. The predicted molar refractivity (Wildman–Crippen MR) is 95.6 cm³/mol. The number of nitrogens with one attached hydrogen (secondary N) is 2. The van der Waals surface area contributed by atoms with Crippen molar-refractivity contribution in [3.05, 3.63) is 0 Å². The van der Waals surface area contributed by atoms with E-state index in [1.165, 1.54) is 4.90 Å². The number of primary amides is 1. The van der Waals surface area contributed by atoms with Crippen LogP contribution in [-0.4, -0.2) is 53.2 Å². The van der Waals surface area contributed by atoms with E-state index in [1.807, 2.05) is 27.7 Å². The lowest BCUT2D eigenvalue weighted by atomic mass is 9.84. The summed E-state index contributed by atoms with van der Waals surface area (Å²) < 4.78 is 0. The molecule has 0 aromatic carbocycles. The van der Waals surface area contributed by atoms with Crippen LogP contribution in [0.2, 0.25) is 0 Å². The van der Waals surface area contributed by atoms with Crippen LogP contribution in [0.15, 0.2) is 0 Å². The van der Waals surface area contributed by atoms with Gasteiger partial charge in [-0.05, 0) is 25.2 Å². The maximum Gasteiger partial charge on any atom is 0.245 e. The molecule has 146 valence electrons. The van der Waals surface area contributed by atoms with Crippen LogP contribution in [0.3, 0.4) is 0 Å². The lowest BCUT2D eigenvalue weighted by Gasteiger charge is -2.31. The van der Waals surface area contributed by atoms with Crippen molar-refractivity contribution in [1.82, 2.24) is 15.5 Å². The third kappa shape index (κ3) is 4.34. The van der Waals surface area contributed by atoms with Gasteiger partial charge in [0, 0.05) is 18.4 Å². The molecule has 8 nitrogen and oxygen atoms in total. The van der Waals surface area contributed by atoms with Gasteiger partial charge < -0.3 is 21.3 Å². The molecule has 4 N–H and O–H groups in total. The molecule has 0 bridgehead atoms. The normalized spacial score (nSPS) is 25.9. The summed E-state index contributed by atoms with van der Waals surface area (Å²) >= 11 is 0. The molecule has 0 aromatic rings. The number of nitrogens with two attached hydrogens (primary N) is 1. The minimum Gasteiger partial charge on any atom is -0.368 e. The van der Waals surface area contributed by atoms with Gasteiger partial charge >= 0.3 is 0 Å². The third-order valence-electron chi connectivity index (χ3n) is 5.15. The Morgan fingerprint density at radius 3 is 2.50 bits per heavy atom. The van der Waals surface area contributed by atoms with E-state index in [0.29, 0.717) is 25.8 Å². The number of carbonyl (C=O) groups is 4. The van der Waals surface area contributed by atoms with Crippen LogP contribution < -0.4 is 16.4 Å². The molecule has 26 heavy (non-hydrogen) atoms. The number of nitrogens with zero attached hydrogens (tertiary/aromatic N) is 1. The fourth-order valence-corrected chi connectivity index (χ4v) is 3.82. The van der Waals surface area contributed by atoms with Gasteiger partial charge in [-0.1, -0.05) is 27.7 Å². The van der Waals surface area contributed by atoms with Crippen molar-refractivity contribution in [2.75, 3.05) is 6.54 Å². The summed E-state index contributed by atoms with van der Waals surface area (Å²) in [4.78, 5) is 50.5. The summed E-state index contributed by atoms with van der Waals surface area (Å²) in [7, 11) is 0. The first kappa shape index (κ1) is 20.2. The third-order valence-corrected chi connectivity index (χ3v) is 5.15. The Morgan fingerprint density at radius 2 is 2.00 bits per heavy atom. The van der Waals surface area contributed by atoms with Crippen molar-refractivity contribution in [1.29, 1.82) is 0 Å². The molecule has 2 aliphatic heterocycles. The lowest BCUT2D eigenvalue weighted by molar-refractivity contribution is -0.141. The van der Waals surface area contributed by atoms with Crippen LogP contribution in [-0.2, 0) is 19.2 Å². The molecule has 0 radical (unpaired) electrons. The highest BCUT2D eigenvalue weighted by Gasteiger charge is 2.45. The highest BCUT2D eigenvalue weighted by Crippen LogP contribution is 2.31. The Bertz CT molecular complexity index is 602. The van der Waals surface area contributed by atoms with E-state index in [1.54, 1.807) is 0 Å². The van der Waals surface area contributed by atoms with E-state index < -0.39 is 29.4 Å². The monoisotopic (exact) mass is 366 g/mol. The second-order valence-corrected chi connectivity index (χ2v) is 8.45. The van der Waals surface area contributed by atoms with Gasteiger partial charge in [0.25, 0.3) is 0 Å². The molecule has 2 aliphatic rings. The first-order valence-electron chi connectivity index (χ1n) is 9.22. The fourth-order valence-electron chi connectivity index (χ4n) is 3.82. The molecule has 0 aromatic heterocycles. The summed E-state index contributed by atoms with van der Waals surface area (Å²) in [5.74, 6) is -1.17. The standard InChI is InChI=1S/C18H30N4O4/c1-10(2)8-11(17(26)22-7-5-6-12(22)15(19)24)20-16(25)14-18(3,4)9-13(23)21-14/h10-12,14H,5-9H2,1-4H3,(H2,19,24)(H,20,25)(H,21,23)/t11-,12-,14+/m0/s1. The van der Waals surface area contributed by atoms with Crippen molar-refractivity contribution in [3.63, 3.8) is 0 Å². The van der Waals surface area contributed by atoms with E-state index in [9.17, 15) is 19.2 Å². The van der Waals surface area contributed by atoms with Crippen LogP contribution in [0.4, 0.5) is 0 Å². The van der Waals surface area contributed by atoms with E-state index in [2.05, 4.69) is 10.6 Å². The van der Waals surface area contributed by atoms with Crippen molar-refractivity contribution in [2.45, 2.75) is 71.5 Å². The Morgan fingerprint density at radius 1 is 1.35 bits per heavy atom. The molecule has 0 saturated carbocycles. The second-order valence-electron chi connectivity index (χ2n) is 8.45. The fraction of sp³-hybridized carbons (Fsp3) is 0.778. The van der Waals surface area contributed by atoms with E-state index >= 15 is 0 Å². The van der Waals surface area contributed by atoms with Crippen LogP contribution in [0.25, 0.3) is 0 Å². The summed E-state index contributed by atoms with van der Waals surface area (Å²) in [6.45, 7) is 8.07. The first-order valence-corrected chi connectivity index (χ1v) is 9.22. The smallest absolute Gasteiger partial charge is 0.245 e. The van der Waals surface area contributed by atoms with Gasteiger partial charge in [0.05, 0.1) is 0 Å². The lowest BCUT2D eigenvalue weighted by Crippen LogP contribution is -2.57. The van der Waals surface area contributed by atoms with Crippen molar-refractivity contribution < 1.29 is 19.2 Å². The predicted octanol–water partition coefficient (Wildman–Crippen LogP) is -0.0917. The quantitative estimate of drug-likeness (QED) is 0.608. The van der Waals surface area contributed by atoms with Gasteiger partial charge in [-0.3, -0.25) is 19.2 Å². The maximum absolute atomic E-state index is 13.0. The van der Waals surface area contributed by atoms with Gasteiger partial charge in [-0.15, -0.1) is 0 Å². The summed E-state index contributed by atoms with van der Waals surface area (Å²) in [6, 6.07) is -2.03. The Kier molecular flexibility index (Phi) is 5.93. The number of likely N-dealkylation sites (tertiary alicyclic amines) is 1. The Labute approximate surface area is 154 Å². The number of hydrogen-bond donors (Lipinski definition) is 3. The molecule has 8 heteroatoms. The highest BCUT2D eigenvalue weighted by atomic mass is 16.2. The Hall–Kier alpha value is -2.12. The number of carbonyl (C=O) groups excluding carboxylic acids is 4. The van der Waals surface area contributed by atoms with Gasteiger partial charge in [0.2, 0.25) is 23.6 Å². The number of rotatable bonds is 6. The van der Waals surface area contributed by atoms with Gasteiger partial charge in [-0.25, -0.2) is 0 Å². The molecule has 0 unspecified atom stereocenters. The maximum atomic E-state index is 13.0. The molecule has 2 rings (SSSR count). The molecule has 2 saturated heterocycles. The summed E-state index contributed by atoms with van der Waals surface area (Å²) in [6.07, 6.45) is 1.99. The van der Waals surface area contributed by atoms with Crippen LogP contribution in [0, 0.1) is 11.3 Å².